The van der Waals surface area contributed by atoms with Crippen molar-refractivity contribution in [2.24, 2.45) is 0 Å². The minimum Gasteiger partial charge on any atom is -0.240 e. The van der Waals surface area contributed by atoms with Crippen LogP contribution in [0.15, 0.2) is 35.1 Å². The molecule has 0 aliphatic carbocycles. The van der Waals surface area contributed by atoms with Crippen LogP contribution in [0.5, 0.6) is 0 Å². The molecule has 2 rings (SSSR count). The van der Waals surface area contributed by atoms with Crippen LogP contribution in [0.3, 0.4) is 0 Å². The Kier molecular flexibility index (Phi) is 1.24. The maximum absolute atomic E-state index is 4.09. The van der Waals surface area contributed by atoms with E-state index in [1.807, 2.05) is 28.9 Å². The van der Waals surface area contributed by atoms with Crippen LogP contribution in [0.1, 0.15) is 0 Å². The summed E-state index contributed by atoms with van der Waals surface area (Å²) in [7, 11) is 0. The molecular weight excluding hydrogens is 192 g/mol. The highest BCUT2D eigenvalue weighted by molar-refractivity contribution is 9.10. The molecule has 0 fully saturated rings. The lowest BCUT2D eigenvalue weighted by Crippen LogP contribution is -1.84. The quantitative estimate of drug-likeness (QED) is 0.632. The number of fused-ring (bicyclic) bond motifs is 1. The molecule has 0 N–H and O–H groups in total. The normalized spacial score (nSPS) is 10.5. The van der Waals surface area contributed by atoms with E-state index in [9.17, 15) is 0 Å². The predicted octanol–water partition coefficient (Wildman–Crippen LogP) is 2.10. The number of aromatic nitrogens is 2. The van der Waals surface area contributed by atoms with Crippen LogP contribution in [-0.2, 0) is 0 Å². The molecule has 0 spiro atoms. The molecule has 0 atom stereocenters. The van der Waals surface area contributed by atoms with Crippen LogP contribution in [-0.4, -0.2) is 9.61 Å². The van der Waals surface area contributed by atoms with Gasteiger partial charge in [-0.25, -0.2) is 4.52 Å². The van der Waals surface area contributed by atoms with Crippen molar-refractivity contribution >= 4 is 21.4 Å². The van der Waals surface area contributed by atoms with E-state index in [0.29, 0.717) is 0 Å². The first-order chi connectivity index (χ1) is 4.86. The van der Waals surface area contributed by atoms with E-state index in [2.05, 4.69) is 21.0 Å². The number of hydrogen-bond acceptors (Lipinski definition) is 1. The van der Waals surface area contributed by atoms with Gasteiger partial charge in [-0.3, -0.25) is 0 Å². The smallest absolute Gasteiger partial charge is 0.0658 e. The summed E-state index contributed by atoms with van der Waals surface area (Å²) in [6, 6.07) is 5.95. The number of rotatable bonds is 0. The zero-order valence-corrected chi connectivity index (χ0v) is 6.75. The van der Waals surface area contributed by atoms with Gasteiger partial charge in [-0.2, -0.15) is 5.10 Å². The number of halogens is 1. The Morgan fingerprint density at radius 1 is 1.50 bits per heavy atom. The van der Waals surface area contributed by atoms with Gasteiger partial charge in [0.05, 0.1) is 5.52 Å². The van der Waals surface area contributed by atoms with E-state index >= 15 is 0 Å². The van der Waals surface area contributed by atoms with Crippen molar-refractivity contribution in [3.05, 3.63) is 35.1 Å². The van der Waals surface area contributed by atoms with Gasteiger partial charge in [0.2, 0.25) is 0 Å². The molecule has 2 nitrogen and oxygen atoms in total. The maximum Gasteiger partial charge on any atom is 0.0658 e. The summed E-state index contributed by atoms with van der Waals surface area (Å²) in [5.74, 6) is 0. The zero-order valence-electron chi connectivity index (χ0n) is 5.16. The average Bonchev–Trinajstić information content (AvgIpc) is 2.27. The molecule has 0 bridgehead atoms. The highest BCUT2D eigenvalue weighted by Gasteiger charge is 1.93. The fraction of sp³-hybridized carbons (Fsp3) is 0. The molecule has 10 heavy (non-hydrogen) atoms. The summed E-state index contributed by atoms with van der Waals surface area (Å²) < 4.78 is 2.88. The molecule has 0 amide bonds. The Labute approximate surface area is 66.6 Å². The Morgan fingerprint density at radius 2 is 2.40 bits per heavy atom. The molecule has 0 saturated carbocycles. The molecular formula is C7H5BrN2. The third-order valence-electron chi connectivity index (χ3n) is 1.34. The van der Waals surface area contributed by atoms with Gasteiger partial charge in [-0.05, 0) is 34.1 Å². The summed E-state index contributed by atoms with van der Waals surface area (Å²) in [5.41, 5.74) is 1.11. The van der Waals surface area contributed by atoms with E-state index < -0.39 is 0 Å². The lowest BCUT2D eigenvalue weighted by Gasteiger charge is -1.87. The van der Waals surface area contributed by atoms with Gasteiger partial charge in [0.25, 0.3) is 0 Å². The third-order valence-corrected chi connectivity index (χ3v) is 1.77. The largest absolute Gasteiger partial charge is 0.240 e. The molecule has 3 heteroatoms. The molecule has 0 saturated heterocycles. The summed E-state index contributed by atoms with van der Waals surface area (Å²) in [6.07, 6.45) is 3.69. The minimum atomic E-state index is 1.06. The second-order valence-electron chi connectivity index (χ2n) is 2.05. The first kappa shape index (κ1) is 5.92. The zero-order chi connectivity index (χ0) is 6.97. The topological polar surface area (TPSA) is 17.3 Å². The summed E-state index contributed by atoms with van der Waals surface area (Å²) in [5, 5.41) is 4.09. The van der Waals surface area contributed by atoms with E-state index in [4.69, 9.17) is 0 Å². The molecule has 2 aromatic heterocycles. The van der Waals surface area contributed by atoms with Gasteiger partial charge in [0.15, 0.2) is 0 Å². The van der Waals surface area contributed by atoms with Crippen LogP contribution in [0.2, 0.25) is 0 Å². The number of nitrogens with zero attached hydrogens (tertiary/aromatic N) is 2. The maximum atomic E-state index is 4.09. The monoisotopic (exact) mass is 196 g/mol. The van der Waals surface area contributed by atoms with Crippen LogP contribution in [0.25, 0.3) is 5.52 Å². The second kappa shape index (κ2) is 2.09. The van der Waals surface area contributed by atoms with Gasteiger partial charge in [0.1, 0.15) is 0 Å². The van der Waals surface area contributed by atoms with E-state index in [1.54, 1.807) is 6.20 Å². The molecule has 50 valence electrons. The Morgan fingerprint density at radius 3 is 3.20 bits per heavy atom. The molecule has 0 aliphatic heterocycles. The Bertz CT molecular complexity index is 320. The van der Waals surface area contributed by atoms with Crippen molar-refractivity contribution in [3.63, 3.8) is 0 Å². The van der Waals surface area contributed by atoms with Crippen molar-refractivity contribution in [1.29, 1.82) is 0 Å². The molecule has 0 aromatic carbocycles. The molecule has 0 aliphatic rings. The van der Waals surface area contributed by atoms with Crippen molar-refractivity contribution in [3.8, 4) is 0 Å². The van der Waals surface area contributed by atoms with E-state index in [-0.39, 0.29) is 0 Å². The van der Waals surface area contributed by atoms with E-state index in [1.165, 1.54) is 0 Å². The van der Waals surface area contributed by atoms with Crippen LogP contribution in [0.4, 0.5) is 0 Å². The summed E-state index contributed by atoms with van der Waals surface area (Å²) in [6.45, 7) is 0. The average molecular weight is 197 g/mol. The summed E-state index contributed by atoms with van der Waals surface area (Å²) >= 11 is 3.36. The minimum absolute atomic E-state index is 1.06. The predicted molar refractivity (Wildman–Crippen MR) is 42.9 cm³/mol. The van der Waals surface area contributed by atoms with Gasteiger partial charge in [-0.15, -0.1) is 0 Å². The summed E-state index contributed by atoms with van der Waals surface area (Å²) in [4.78, 5) is 0. The van der Waals surface area contributed by atoms with E-state index in [0.717, 1.165) is 9.99 Å². The lowest BCUT2D eigenvalue weighted by molar-refractivity contribution is 0.939. The first-order valence-corrected chi connectivity index (χ1v) is 3.74. The van der Waals surface area contributed by atoms with Crippen molar-refractivity contribution in [2.45, 2.75) is 0 Å². The molecule has 0 unspecified atom stereocenters. The van der Waals surface area contributed by atoms with Crippen molar-refractivity contribution in [1.82, 2.24) is 9.61 Å². The molecule has 2 aromatic rings. The second-order valence-corrected chi connectivity index (χ2v) is 2.97. The highest BCUT2D eigenvalue weighted by atomic mass is 79.9. The fourth-order valence-electron chi connectivity index (χ4n) is 0.912. The highest BCUT2D eigenvalue weighted by Crippen LogP contribution is 2.13. The Balaban J connectivity index is 2.88. The van der Waals surface area contributed by atoms with Gasteiger partial charge in [-0.1, -0.05) is 0 Å². The SMILES string of the molecule is Brc1cc2cccnn2c1. The van der Waals surface area contributed by atoms with Gasteiger partial charge < -0.3 is 0 Å². The number of hydrogen-bond donors (Lipinski definition) is 0. The van der Waals surface area contributed by atoms with Crippen LogP contribution < -0.4 is 0 Å². The first-order valence-electron chi connectivity index (χ1n) is 2.95. The standard InChI is InChI=1S/C7H5BrN2/c8-6-4-7-2-1-3-9-10(7)5-6/h1-5H. The van der Waals surface area contributed by atoms with Crippen molar-refractivity contribution in [2.75, 3.05) is 0 Å². The molecule has 2 heterocycles. The van der Waals surface area contributed by atoms with Crippen LogP contribution >= 0.6 is 15.9 Å². The third kappa shape index (κ3) is 0.827. The van der Waals surface area contributed by atoms with Gasteiger partial charge in [0, 0.05) is 16.9 Å². The van der Waals surface area contributed by atoms with Crippen LogP contribution in [0, 0.1) is 0 Å². The van der Waals surface area contributed by atoms with Gasteiger partial charge >= 0.3 is 0 Å². The Hall–Kier alpha value is -0.830. The lowest BCUT2D eigenvalue weighted by atomic mass is 10.5. The van der Waals surface area contributed by atoms with Crippen molar-refractivity contribution < 1.29 is 0 Å². The fourth-order valence-corrected chi connectivity index (χ4v) is 1.34. The molecule has 0 radical (unpaired) electrons.